The summed E-state index contributed by atoms with van der Waals surface area (Å²) >= 11 is 6.84. The number of hydrogen-bond acceptors (Lipinski definition) is 3. The molecule has 0 spiro atoms. The highest BCUT2D eigenvalue weighted by molar-refractivity contribution is 9.13. The summed E-state index contributed by atoms with van der Waals surface area (Å²) in [6, 6.07) is 2.92. The zero-order valence-electron chi connectivity index (χ0n) is 9.96. The topological polar surface area (TPSA) is 42.4 Å². The summed E-state index contributed by atoms with van der Waals surface area (Å²) < 4.78 is 7.43. The van der Waals surface area contributed by atoms with Crippen LogP contribution in [0.15, 0.2) is 19.6 Å². The Hall–Kier alpha value is 0.160. The van der Waals surface area contributed by atoms with E-state index < -0.39 is 0 Å². The molecular formula is C12H18Br2N2O. The lowest BCUT2D eigenvalue weighted by molar-refractivity contribution is 0.168. The van der Waals surface area contributed by atoms with Gasteiger partial charge in [0.25, 0.3) is 0 Å². The lowest BCUT2D eigenvalue weighted by Gasteiger charge is -2.29. The van der Waals surface area contributed by atoms with E-state index >= 15 is 0 Å². The maximum Gasteiger partial charge on any atom is 0.183 e. The Balaban J connectivity index is 2.18. The van der Waals surface area contributed by atoms with Crippen LogP contribution in [0.3, 0.4) is 0 Å². The molecule has 1 aromatic rings. The van der Waals surface area contributed by atoms with Gasteiger partial charge in [-0.05, 0) is 63.7 Å². The van der Waals surface area contributed by atoms with Crippen LogP contribution in [-0.4, -0.2) is 24.0 Å². The predicted octanol–water partition coefficient (Wildman–Crippen LogP) is 3.68. The van der Waals surface area contributed by atoms with E-state index in [9.17, 15) is 0 Å². The Bertz CT molecular complexity index is 357. The number of nitrogens with two attached hydrogens (primary N) is 1. The first-order valence-electron chi connectivity index (χ1n) is 6.07. The maximum atomic E-state index is 5.93. The van der Waals surface area contributed by atoms with E-state index in [-0.39, 0.29) is 6.04 Å². The minimum absolute atomic E-state index is 0.199. The molecule has 2 rings (SSSR count). The van der Waals surface area contributed by atoms with Gasteiger partial charge >= 0.3 is 0 Å². The van der Waals surface area contributed by atoms with E-state index in [0.29, 0.717) is 12.6 Å². The third-order valence-electron chi connectivity index (χ3n) is 3.11. The standard InChI is InChI=1S/C12H18Br2N2O/c1-2-5-16(8-3-4-8)10(7-15)11-6-9(13)12(14)17-11/h6,8,10H,2-5,7,15H2,1H3. The summed E-state index contributed by atoms with van der Waals surface area (Å²) in [4.78, 5) is 2.48. The van der Waals surface area contributed by atoms with Gasteiger partial charge in [0.15, 0.2) is 4.67 Å². The molecule has 0 aromatic carbocycles. The largest absolute Gasteiger partial charge is 0.451 e. The second-order valence-electron chi connectivity index (χ2n) is 4.49. The number of furan rings is 1. The van der Waals surface area contributed by atoms with Gasteiger partial charge in [-0.1, -0.05) is 6.92 Å². The minimum Gasteiger partial charge on any atom is -0.451 e. The third kappa shape index (κ3) is 3.13. The molecule has 0 saturated heterocycles. The van der Waals surface area contributed by atoms with E-state index in [1.165, 1.54) is 12.8 Å². The molecule has 1 aliphatic rings. The molecule has 1 heterocycles. The molecule has 17 heavy (non-hydrogen) atoms. The van der Waals surface area contributed by atoms with Crippen LogP contribution in [0.1, 0.15) is 38.0 Å². The summed E-state index contributed by atoms with van der Waals surface area (Å²) in [5.74, 6) is 0.951. The Morgan fingerprint density at radius 1 is 1.53 bits per heavy atom. The van der Waals surface area contributed by atoms with Gasteiger partial charge in [-0.3, -0.25) is 4.90 Å². The van der Waals surface area contributed by atoms with E-state index in [1.807, 2.05) is 6.07 Å². The van der Waals surface area contributed by atoms with Crippen molar-refractivity contribution < 1.29 is 4.42 Å². The number of hydrogen-bond donors (Lipinski definition) is 1. The first-order chi connectivity index (χ1) is 8.17. The zero-order valence-corrected chi connectivity index (χ0v) is 13.1. The Labute approximate surface area is 119 Å². The van der Waals surface area contributed by atoms with Crippen LogP contribution in [0, 0.1) is 0 Å². The van der Waals surface area contributed by atoms with Crippen LogP contribution in [0.2, 0.25) is 0 Å². The van der Waals surface area contributed by atoms with Crippen molar-refractivity contribution in [3.05, 3.63) is 21.0 Å². The van der Waals surface area contributed by atoms with Crippen molar-refractivity contribution in [2.75, 3.05) is 13.1 Å². The van der Waals surface area contributed by atoms with Gasteiger partial charge in [0.05, 0.1) is 10.5 Å². The molecule has 1 aliphatic carbocycles. The minimum atomic E-state index is 0.199. The van der Waals surface area contributed by atoms with E-state index in [2.05, 4.69) is 43.7 Å². The van der Waals surface area contributed by atoms with Gasteiger partial charge in [0, 0.05) is 12.6 Å². The molecule has 0 aliphatic heterocycles. The van der Waals surface area contributed by atoms with Gasteiger partial charge in [-0.2, -0.15) is 0 Å². The molecule has 1 aromatic heterocycles. The molecule has 1 fully saturated rings. The first kappa shape index (κ1) is 13.6. The third-order valence-corrected chi connectivity index (χ3v) is 4.82. The Kier molecular flexibility index (Phi) is 4.69. The second kappa shape index (κ2) is 5.87. The van der Waals surface area contributed by atoms with Crippen molar-refractivity contribution in [3.63, 3.8) is 0 Å². The fourth-order valence-electron chi connectivity index (χ4n) is 2.20. The maximum absolute atomic E-state index is 5.93. The van der Waals surface area contributed by atoms with Crippen molar-refractivity contribution in [2.45, 2.75) is 38.3 Å². The summed E-state index contributed by atoms with van der Waals surface area (Å²) in [5.41, 5.74) is 5.93. The van der Waals surface area contributed by atoms with Crippen LogP contribution in [0.4, 0.5) is 0 Å². The second-order valence-corrected chi connectivity index (χ2v) is 6.07. The molecule has 96 valence electrons. The van der Waals surface area contributed by atoms with Crippen molar-refractivity contribution >= 4 is 31.9 Å². The molecule has 1 unspecified atom stereocenters. The number of rotatable bonds is 6. The Morgan fingerprint density at radius 3 is 2.65 bits per heavy atom. The van der Waals surface area contributed by atoms with Gasteiger partial charge in [-0.15, -0.1) is 0 Å². The van der Waals surface area contributed by atoms with Crippen molar-refractivity contribution in [3.8, 4) is 0 Å². The predicted molar refractivity (Wildman–Crippen MR) is 75.9 cm³/mol. The van der Waals surface area contributed by atoms with Gasteiger partial charge in [-0.25, -0.2) is 0 Å². The van der Waals surface area contributed by atoms with Crippen molar-refractivity contribution in [2.24, 2.45) is 5.73 Å². The fraction of sp³-hybridized carbons (Fsp3) is 0.667. The van der Waals surface area contributed by atoms with Crippen LogP contribution in [0.25, 0.3) is 0 Å². The monoisotopic (exact) mass is 364 g/mol. The summed E-state index contributed by atoms with van der Waals surface area (Å²) in [5, 5.41) is 0. The highest BCUT2D eigenvalue weighted by atomic mass is 79.9. The molecular weight excluding hydrogens is 348 g/mol. The van der Waals surface area contributed by atoms with E-state index in [1.54, 1.807) is 0 Å². The van der Waals surface area contributed by atoms with Crippen molar-refractivity contribution in [1.29, 1.82) is 0 Å². The molecule has 0 radical (unpaired) electrons. The summed E-state index contributed by atoms with van der Waals surface area (Å²) in [6.07, 6.45) is 3.73. The first-order valence-corrected chi connectivity index (χ1v) is 7.66. The molecule has 3 nitrogen and oxygen atoms in total. The Morgan fingerprint density at radius 2 is 2.24 bits per heavy atom. The average molecular weight is 366 g/mol. The quantitative estimate of drug-likeness (QED) is 0.836. The SMILES string of the molecule is CCCN(C1CC1)C(CN)c1cc(Br)c(Br)o1. The summed E-state index contributed by atoms with van der Waals surface area (Å²) in [6.45, 7) is 3.89. The van der Waals surface area contributed by atoms with Crippen molar-refractivity contribution in [1.82, 2.24) is 4.90 Å². The smallest absolute Gasteiger partial charge is 0.183 e. The van der Waals surface area contributed by atoms with Crippen LogP contribution < -0.4 is 5.73 Å². The number of halogens is 2. The number of nitrogens with zero attached hydrogens (tertiary/aromatic N) is 1. The molecule has 1 atom stereocenters. The van der Waals surface area contributed by atoms with E-state index in [4.69, 9.17) is 10.2 Å². The molecule has 0 amide bonds. The average Bonchev–Trinajstić information content (AvgIpc) is 3.07. The van der Waals surface area contributed by atoms with Crippen LogP contribution in [0.5, 0.6) is 0 Å². The molecule has 5 heteroatoms. The normalized spacial score (nSPS) is 17.7. The lowest BCUT2D eigenvalue weighted by Crippen LogP contribution is -2.35. The fourth-order valence-corrected chi connectivity index (χ4v) is 2.81. The van der Waals surface area contributed by atoms with Gasteiger partial charge in [0.2, 0.25) is 0 Å². The lowest BCUT2D eigenvalue weighted by atomic mass is 10.1. The zero-order chi connectivity index (χ0) is 12.4. The van der Waals surface area contributed by atoms with Crippen LogP contribution >= 0.6 is 31.9 Å². The highest BCUT2D eigenvalue weighted by Crippen LogP contribution is 2.37. The molecule has 2 N–H and O–H groups in total. The summed E-state index contributed by atoms with van der Waals surface area (Å²) in [7, 11) is 0. The van der Waals surface area contributed by atoms with Gasteiger partial charge in [0.1, 0.15) is 5.76 Å². The molecule has 0 bridgehead atoms. The molecule has 1 saturated carbocycles. The van der Waals surface area contributed by atoms with Gasteiger partial charge < -0.3 is 10.2 Å². The van der Waals surface area contributed by atoms with Crippen LogP contribution in [-0.2, 0) is 0 Å². The highest BCUT2D eigenvalue weighted by Gasteiger charge is 2.35. The van der Waals surface area contributed by atoms with E-state index in [0.717, 1.165) is 27.9 Å².